The number of hydrogen-bond acceptors (Lipinski definition) is 6. The van der Waals surface area contributed by atoms with Crippen LogP contribution in [0, 0.1) is 6.92 Å². The lowest BCUT2D eigenvalue weighted by atomic mass is 10.1. The molecule has 3 rings (SSSR count). The first-order valence-electron chi connectivity index (χ1n) is 8.99. The Hall–Kier alpha value is -3.19. The standard InChI is InChI=1S/C21H22N2O5/c1-3-26-19(21(24)25)11-15-6-8-17(9-7-15)27-13-18-14(2)28-20(23-18)16-5-4-10-22-12-16/h4-10,12,19H,3,11,13H2,1-2H3,(H,24,25)/t19-/m0/s1. The van der Waals surface area contributed by atoms with E-state index in [-0.39, 0.29) is 6.61 Å². The van der Waals surface area contributed by atoms with E-state index in [4.69, 9.17) is 13.9 Å². The molecule has 0 aliphatic heterocycles. The number of carboxylic acids is 1. The van der Waals surface area contributed by atoms with Crippen LogP contribution < -0.4 is 4.74 Å². The fourth-order valence-corrected chi connectivity index (χ4v) is 2.68. The number of oxazole rings is 1. The van der Waals surface area contributed by atoms with Crippen molar-refractivity contribution in [3.63, 3.8) is 0 Å². The van der Waals surface area contributed by atoms with E-state index in [1.165, 1.54) is 0 Å². The predicted octanol–water partition coefficient (Wildman–Crippen LogP) is 3.66. The molecule has 0 radical (unpaired) electrons. The van der Waals surface area contributed by atoms with Gasteiger partial charge in [-0.3, -0.25) is 4.98 Å². The molecule has 7 nitrogen and oxygen atoms in total. The van der Waals surface area contributed by atoms with E-state index in [0.717, 1.165) is 11.1 Å². The van der Waals surface area contributed by atoms with Gasteiger partial charge in [-0.15, -0.1) is 0 Å². The van der Waals surface area contributed by atoms with Crippen LogP contribution >= 0.6 is 0 Å². The average molecular weight is 382 g/mol. The Labute approximate surface area is 163 Å². The topological polar surface area (TPSA) is 94.7 Å². The number of aromatic nitrogens is 2. The number of benzene rings is 1. The lowest BCUT2D eigenvalue weighted by molar-refractivity contribution is -0.149. The molecule has 2 aromatic heterocycles. The number of nitrogens with zero attached hydrogens (tertiary/aromatic N) is 2. The Bertz CT molecular complexity index is 906. The van der Waals surface area contributed by atoms with Crippen LogP contribution in [0.4, 0.5) is 0 Å². The van der Waals surface area contributed by atoms with Crippen LogP contribution in [0.3, 0.4) is 0 Å². The van der Waals surface area contributed by atoms with Crippen molar-refractivity contribution in [2.24, 2.45) is 0 Å². The van der Waals surface area contributed by atoms with Crippen LogP contribution in [0.2, 0.25) is 0 Å². The van der Waals surface area contributed by atoms with Gasteiger partial charge < -0.3 is 19.0 Å². The summed E-state index contributed by atoms with van der Waals surface area (Å²) in [5, 5.41) is 9.17. The molecule has 1 atom stereocenters. The second kappa shape index (κ2) is 9.14. The van der Waals surface area contributed by atoms with Gasteiger partial charge in [-0.05, 0) is 43.7 Å². The zero-order chi connectivity index (χ0) is 19.9. The highest BCUT2D eigenvalue weighted by Gasteiger charge is 2.18. The molecule has 1 aromatic carbocycles. The van der Waals surface area contributed by atoms with Crippen LogP contribution in [0.25, 0.3) is 11.5 Å². The van der Waals surface area contributed by atoms with Crippen molar-refractivity contribution in [2.45, 2.75) is 33.0 Å². The summed E-state index contributed by atoms with van der Waals surface area (Å²) in [6.45, 7) is 4.24. The van der Waals surface area contributed by atoms with Crippen molar-refractivity contribution < 1.29 is 23.8 Å². The summed E-state index contributed by atoms with van der Waals surface area (Å²) in [5.74, 6) is 0.900. The number of pyridine rings is 1. The lowest BCUT2D eigenvalue weighted by Gasteiger charge is -2.12. The summed E-state index contributed by atoms with van der Waals surface area (Å²) in [4.78, 5) is 19.7. The van der Waals surface area contributed by atoms with E-state index in [0.29, 0.717) is 36.1 Å². The Morgan fingerprint density at radius 3 is 2.68 bits per heavy atom. The molecule has 0 amide bonds. The third-order valence-corrected chi connectivity index (χ3v) is 4.16. The third kappa shape index (κ3) is 4.95. The van der Waals surface area contributed by atoms with Gasteiger partial charge >= 0.3 is 5.97 Å². The van der Waals surface area contributed by atoms with Crippen LogP contribution in [0.1, 0.15) is 23.9 Å². The number of carboxylic acid groups (broad SMARTS) is 1. The molecule has 146 valence electrons. The Kier molecular flexibility index (Phi) is 6.39. The van der Waals surface area contributed by atoms with Crippen molar-refractivity contribution in [1.82, 2.24) is 9.97 Å². The molecule has 0 saturated carbocycles. The smallest absolute Gasteiger partial charge is 0.333 e. The molecule has 0 saturated heterocycles. The van der Waals surface area contributed by atoms with Gasteiger partial charge in [-0.25, -0.2) is 9.78 Å². The number of aryl methyl sites for hydroxylation is 1. The molecule has 28 heavy (non-hydrogen) atoms. The van der Waals surface area contributed by atoms with Gasteiger partial charge in [-0.2, -0.15) is 0 Å². The zero-order valence-electron chi connectivity index (χ0n) is 15.8. The van der Waals surface area contributed by atoms with Crippen LogP contribution in [0.15, 0.2) is 53.2 Å². The highest BCUT2D eigenvalue weighted by atomic mass is 16.5. The summed E-state index contributed by atoms with van der Waals surface area (Å²) in [6.07, 6.45) is 2.85. The summed E-state index contributed by atoms with van der Waals surface area (Å²) < 4.78 is 16.7. The fourth-order valence-electron chi connectivity index (χ4n) is 2.68. The van der Waals surface area contributed by atoms with Crippen LogP contribution in [0.5, 0.6) is 5.75 Å². The Morgan fingerprint density at radius 1 is 1.25 bits per heavy atom. The number of carbonyl (C=O) groups is 1. The highest BCUT2D eigenvalue weighted by molar-refractivity contribution is 5.72. The second-order valence-corrected chi connectivity index (χ2v) is 6.18. The van der Waals surface area contributed by atoms with E-state index < -0.39 is 12.1 Å². The van der Waals surface area contributed by atoms with Crippen LogP contribution in [-0.4, -0.2) is 33.8 Å². The molecule has 0 unspecified atom stereocenters. The molecule has 3 aromatic rings. The molecule has 0 bridgehead atoms. The zero-order valence-corrected chi connectivity index (χ0v) is 15.8. The molecule has 7 heteroatoms. The fraction of sp³-hybridized carbons (Fsp3) is 0.286. The van der Waals surface area contributed by atoms with Gasteiger partial charge in [0.2, 0.25) is 5.89 Å². The van der Waals surface area contributed by atoms with E-state index in [1.54, 1.807) is 31.5 Å². The minimum Gasteiger partial charge on any atom is -0.487 e. The maximum Gasteiger partial charge on any atom is 0.333 e. The molecule has 0 aliphatic rings. The van der Waals surface area contributed by atoms with Gasteiger partial charge in [-0.1, -0.05) is 12.1 Å². The Balaban J connectivity index is 1.61. The first kappa shape index (κ1) is 19.6. The monoisotopic (exact) mass is 382 g/mol. The SMILES string of the molecule is CCO[C@@H](Cc1ccc(OCc2nc(-c3cccnc3)oc2C)cc1)C(=O)O. The summed E-state index contributed by atoms with van der Waals surface area (Å²) in [5.41, 5.74) is 2.39. The van der Waals surface area contributed by atoms with Crippen LogP contribution in [-0.2, 0) is 22.6 Å². The molecule has 1 N–H and O–H groups in total. The van der Waals surface area contributed by atoms with Crippen molar-refractivity contribution in [1.29, 1.82) is 0 Å². The largest absolute Gasteiger partial charge is 0.487 e. The van der Waals surface area contributed by atoms with Gasteiger partial charge in [0.1, 0.15) is 23.8 Å². The van der Waals surface area contributed by atoms with Gasteiger partial charge in [0.15, 0.2) is 6.10 Å². The highest BCUT2D eigenvalue weighted by Crippen LogP contribution is 2.22. The maximum atomic E-state index is 11.2. The quantitative estimate of drug-likeness (QED) is 0.603. The summed E-state index contributed by atoms with van der Waals surface area (Å²) in [6, 6.07) is 11.0. The van der Waals surface area contributed by atoms with E-state index in [9.17, 15) is 9.90 Å². The van der Waals surface area contributed by atoms with Gasteiger partial charge in [0.25, 0.3) is 0 Å². The van der Waals surface area contributed by atoms with E-state index >= 15 is 0 Å². The minimum absolute atomic E-state index is 0.269. The van der Waals surface area contributed by atoms with Crippen molar-refractivity contribution in [3.8, 4) is 17.2 Å². The first-order valence-corrected chi connectivity index (χ1v) is 8.99. The average Bonchev–Trinajstić information content (AvgIpc) is 3.08. The molecule has 0 spiro atoms. The predicted molar refractivity (Wildman–Crippen MR) is 102 cm³/mol. The van der Waals surface area contributed by atoms with Crippen molar-refractivity contribution >= 4 is 5.97 Å². The molecule has 0 aliphatic carbocycles. The summed E-state index contributed by atoms with van der Waals surface area (Å²) in [7, 11) is 0. The second-order valence-electron chi connectivity index (χ2n) is 6.18. The number of rotatable bonds is 9. The molecular weight excluding hydrogens is 360 g/mol. The normalized spacial score (nSPS) is 11.9. The lowest BCUT2D eigenvalue weighted by Crippen LogP contribution is -2.26. The first-order chi connectivity index (χ1) is 13.6. The van der Waals surface area contributed by atoms with Gasteiger partial charge in [0.05, 0.1) is 5.56 Å². The number of aliphatic carboxylic acids is 1. The van der Waals surface area contributed by atoms with Gasteiger partial charge in [0, 0.05) is 25.4 Å². The van der Waals surface area contributed by atoms with Crippen molar-refractivity contribution in [2.75, 3.05) is 6.61 Å². The molecule has 0 fully saturated rings. The summed E-state index contributed by atoms with van der Waals surface area (Å²) >= 11 is 0. The van der Waals surface area contributed by atoms with E-state index in [2.05, 4.69) is 9.97 Å². The Morgan fingerprint density at radius 2 is 2.04 bits per heavy atom. The number of ether oxygens (including phenoxy) is 2. The third-order valence-electron chi connectivity index (χ3n) is 4.16. The molecule has 2 heterocycles. The molecular formula is C21H22N2O5. The van der Waals surface area contributed by atoms with Crippen molar-refractivity contribution in [3.05, 3.63) is 65.8 Å². The van der Waals surface area contributed by atoms with E-state index in [1.807, 2.05) is 31.2 Å². The minimum atomic E-state index is -0.965. The number of hydrogen-bond donors (Lipinski definition) is 1. The maximum absolute atomic E-state index is 11.2.